The van der Waals surface area contributed by atoms with Crippen molar-refractivity contribution in [2.45, 2.75) is 55.9 Å². The molecule has 2 aromatic rings. The molecular formula is C22H27ClN2O3S. The molecule has 1 N–H and O–H groups in total. The van der Waals surface area contributed by atoms with Gasteiger partial charge in [-0.3, -0.25) is 9.10 Å². The third kappa shape index (κ3) is 5.73. The second-order valence-electron chi connectivity index (χ2n) is 7.39. The molecule has 1 aliphatic carbocycles. The van der Waals surface area contributed by atoms with Gasteiger partial charge in [0.1, 0.15) is 6.54 Å². The normalized spacial score (nSPS) is 15.9. The average Bonchev–Trinajstić information content (AvgIpc) is 2.69. The summed E-state index contributed by atoms with van der Waals surface area (Å²) < 4.78 is 27.7. The van der Waals surface area contributed by atoms with Crippen molar-refractivity contribution >= 4 is 33.2 Å². The zero-order valence-electron chi connectivity index (χ0n) is 16.4. The second-order valence-corrected chi connectivity index (χ2v) is 9.66. The minimum absolute atomic E-state index is 0.0929. The van der Waals surface area contributed by atoms with Gasteiger partial charge in [-0.15, -0.1) is 0 Å². The SMILES string of the molecule is O=C(CN(c1ccccc1Cl)S(=O)(=O)c1ccccc1)NC1CCCCCCC1. The first-order valence-corrected chi connectivity index (χ1v) is 11.9. The van der Waals surface area contributed by atoms with E-state index < -0.39 is 10.0 Å². The van der Waals surface area contributed by atoms with Gasteiger partial charge >= 0.3 is 0 Å². The molecule has 0 radical (unpaired) electrons. The highest BCUT2D eigenvalue weighted by Gasteiger charge is 2.29. The van der Waals surface area contributed by atoms with Gasteiger partial charge in [-0.05, 0) is 37.1 Å². The Bertz CT molecular complexity index is 911. The minimum Gasteiger partial charge on any atom is -0.352 e. The van der Waals surface area contributed by atoms with Crippen LogP contribution in [0.15, 0.2) is 59.5 Å². The van der Waals surface area contributed by atoms with Gasteiger partial charge < -0.3 is 5.32 Å². The van der Waals surface area contributed by atoms with Crippen molar-refractivity contribution in [3.05, 3.63) is 59.6 Å². The van der Waals surface area contributed by atoms with Crippen molar-refractivity contribution in [2.24, 2.45) is 0 Å². The number of sulfonamides is 1. The number of rotatable bonds is 6. The van der Waals surface area contributed by atoms with Gasteiger partial charge in [-0.1, -0.05) is 74.0 Å². The summed E-state index contributed by atoms with van der Waals surface area (Å²) in [4.78, 5) is 12.9. The van der Waals surface area contributed by atoms with Crippen LogP contribution in [0.25, 0.3) is 0 Å². The predicted octanol–water partition coefficient (Wildman–Crippen LogP) is 4.76. The lowest BCUT2D eigenvalue weighted by Gasteiger charge is -2.27. The molecule has 0 spiro atoms. The van der Waals surface area contributed by atoms with E-state index >= 15 is 0 Å². The van der Waals surface area contributed by atoms with Crippen LogP contribution < -0.4 is 9.62 Å². The van der Waals surface area contributed by atoms with E-state index in [4.69, 9.17) is 11.6 Å². The zero-order valence-corrected chi connectivity index (χ0v) is 18.0. The quantitative estimate of drug-likeness (QED) is 0.712. The number of nitrogens with one attached hydrogen (secondary N) is 1. The summed E-state index contributed by atoms with van der Waals surface area (Å²) in [5, 5.41) is 3.32. The zero-order chi connectivity index (χ0) is 20.7. The molecule has 0 saturated heterocycles. The van der Waals surface area contributed by atoms with E-state index in [2.05, 4.69) is 5.32 Å². The van der Waals surface area contributed by atoms with E-state index in [1.165, 1.54) is 31.4 Å². The van der Waals surface area contributed by atoms with E-state index in [-0.39, 0.29) is 28.4 Å². The fraction of sp³-hybridized carbons (Fsp3) is 0.409. The number of amides is 1. The van der Waals surface area contributed by atoms with Crippen LogP contribution in [0.2, 0.25) is 5.02 Å². The van der Waals surface area contributed by atoms with Gasteiger partial charge in [0, 0.05) is 6.04 Å². The van der Waals surface area contributed by atoms with Gasteiger partial charge in [0.2, 0.25) is 5.91 Å². The summed E-state index contributed by atoms with van der Waals surface area (Å²) >= 11 is 6.29. The first-order valence-electron chi connectivity index (χ1n) is 10.1. The fourth-order valence-corrected chi connectivity index (χ4v) is 5.43. The van der Waals surface area contributed by atoms with Crippen molar-refractivity contribution in [1.29, 1.82) is 0 Å². The molecule has 29 heavy (non-hydrogen) atoms. The van der Waals surface area contributed by atoms with Crippen molar-refractivity contribution in [2.75, 3.05) is 10.8 Å². The van der Waals surface area contributed by atoms with Crippen molar-refractivity contribution < 1.29 is 13.2 Å². The van der Waals surface area contributed by atoms with Crippen LogP contribution in [-0.2, 0) is 14.8 Å². The number of carbonyl (C=O) groups is 1. The first-order chi connectivity index (χ1) is 14.0. The summed E-state index contributed by atoms with van der Waals surface area (Å²) in [6, 6.07) is 14.9. The molecule has 1 saturated carbocycles. The van der Waals surface area contributed by atoms with Gasteiger partial charge in [-0.25, -0.2) is 8.42 Å². The van der Waals surface area contributed by atoms with Crippen LogP contribution >= 0.6 is 11.6 Å². The third-order valence-electron chi connectivity index (χ3n) is 5.21. The van der Waals surface area contributed by atoms with E-state index in [1.807, 2.05) is 0 Å². The number of hydrogen-bond donors (Lipinski definition) is 1. The Kier molecular flexibility index (Phi) is 7.56. The molecule has 5 nitrogen and oxygen atoms in total. The van der Waals surface area contributed by atoms with Crippen molar-refractivity contribution in [3.63, 3.8) is 0 Å². The van der Waals surface area contributed by atoms with Crippen LogP contribution in [0, 0.1) is 0 Å². The number of benzene rings is 2. The molecule has 3 rings (SSSR count). The highest BCUT2D eigenvalue weighted by molar-refractivity contribution is 7.92. The summed E-state index contributed by atoms with van der Waals surface area (Å²) in [6.07, 6.45) is 7.65. The number of nitrogens with zero attached hydrogens (tertiary/aromatic N) is 1. The molecule has 0 atom stereocenters. The summed E-state index contributed by atoms with van der Waals surface area (Å²) in [5.74, 6) is -0.310. The molecule has 0 bridgehead atoms. The largest absolute Gasteiger partial charge is 0.352 e. The highest BCUT2D eigenvalue weighted by atomic mass is 35.5. The molecule has 0 aromatic heterocycles. The molecule has 1 aliphatic rings. The van der Waals surface area contributed by atoms with Crippen molar-refractivity contribution in [3.8, 4) is 0 Å². The predicted molar refractivity (Wildman–Crippen MR) is 117 cm³/mol. The maximum atomic E-state index is 13.3. The van der Waals surface area contributed by atoms with Crippen LogP contribution in [0.1, 0.15) is 44.9 Å². The number of carbonyl (C=O) groups excluding carboxylic acids is 1. The van der Waals surface area contributed by atoms with Gasteiger partial charge in [-0.2, -0.15) is 0 Å². The third-order valence-corrected chi connectivity index (χ3v) is 7.30. The lowest BCUT2D eigenvalue weighted by Crippen LogP contribution is -2.44. The van der Waals surface area contributed by atoms with Crippen LogP contribution in [0.3, 0.4) is 0 Å². The number of halogens is 1. The Balaban J connectivity index is 1.84. The molecule has 7 heteroatoms. The van der Waals surface area contributed by atoms with Gasteiger partial charge in [0.05, 0.1) is 15.6 Å². The Labute approximate surface area is 178 Å². The Morgan fingerprint density at radius 3 is 2.17 bits per heavy atom. The molecular weight excluding hydrogens is 408 g/mol. The maximum absolute atomic E-state index is 13.3. The molecule has 1 fully saturated rings. The molecule has 1 amide bonds. The number of anilines is 1. The van der Waals surface area contributed by atoms with Gasteiger partial charge in [0.15, 0.2) is 0 Å². The highest BCUT2D eigenvalue weighted by Crippen LogP contribution is 2.30. The van der Waals surface area contributed by atoms with Crippen LogP contribution in [0.4, 0.5) is 5.69 Å². The molecule has 0 aliphatic heterocycles. The number of hydrogen-bond acceptors (Lipinski definition) is 3. The fourth-order valence-electron chi connectivity index (χ4n) is 3.68. The molecule has 0 heterocycles. The molecule has 156 valence electrons. The standard InChI is InChI=1S/C22H27ClN2O3S/c23-20-15-9-10-16-21(20)25(29(27,28)19-13-7-4-8-14-19)17-22(26)24-18-11-5-2-1-3-6-12-18/h4,7-10,13-16,18H,1-3,5-6,11-12,17H2,(H,24,26). The Morgan fingerprint density at radius 2 is 1.52 bits per heavy atom. The van der Waals surface area contributed by atoms with E-state index in [0.29, 0.717) is 5.69 Å². The average molecular weight is 435 g/mol. The van der Waals surface area contributed by atoms with E-state index in [0.717, 1.165) is 30.0 Å². The lowest BCUT2D eigenvalue weighted by atomic mass is 9.97. The van der Waals surface area contributed by atoms with Crippen LogP contribution in [-0.4, -0.2) is 26.9 Å². The monoisotopic (exact) mass is 434 g/mol. The summed E-state index contributed by atoms with van der Waals surface area (Å²) in [6.45, 7) is -0.308. The molecule has 2 aromatic carbocycles. The maximum Gasteiger partial charge on any atom is 0.264 e. The first kappa shape index (κ1) is 21.7. The lowest BCUT2D eigenvalue weighted by molar-refractivity contribution is -0.120. The van der Waals surface area contributed by atoms with Gasteiger partial charge in [0.25, 0.3) is 10.0 Å². The minimum atomic E-state index is -3.94. The summed E-state index contributed by atoms with van der Waals surface area (Å²) in [5.41, 5.74) is 0.297. The van der Waals surface area contributed by atoms with Crippen LogP contribution in [0.5, 0.6) is 0 Å². The smallest absolute Gasteiger partial charge is 0.264 e. The van der Waals surface area contributed by atoms with E-state index in [9.17, 15) is 13.2 Å². The second kappa shape index (κ2) is 10.1. The molecule has 0 unspecified atom stereocenters. The number of para-hydroxylation sites is 1. The van der Waals surface area contributed by atoms with Crippen molar-refractivity contribution in [1.82, 2.24) is 5.32 Å². The Morgan fingerprint density at radius 1 is 0.931 bits per heavy atom. The Hall–Kier alpha value is -2.05. The topological polar surface area (TPSA) is 66.5 Å². The van der Waals surface area contributed by atoms with E-state index in [1.54, 1.807) is 42.5 Å². The summed E-state index contributed by atoms with van der Waals surface area (Å²) in [7, 11) is -3.94.